The normalized spacial score (nSPS) is 15.7. The highest BCUT2D eigenvalue weighted by Crippen LogP contribution is 2.34. The van der Waals surface area contributed by atoms with Crippen molar-refractivity contribution in [1.82, 2.24) is 30.7 Å². The van der Waals surface area contributed by atoms with Gasteiger partial charge in [0.25, 0.3) is 11.8 Å². The van der Waals surface area contributed by atoms with Crippen LogP contribution in [0.3, 0.4) is 0 Å². The third-order valence-electron chi connectivity index (χ3n) is 17.6. The van der Waals surface area contributed by atoms with Gasteiger partial charge in [0.2, 0.25) is 17.6 Å². The first-order chi connectivity index (χ1) is 45.6. The molecule has 21 heteroatoms. The molecule has 95 heavy (non-hydrogen) atoms. The van der Waals surface area contributed by atoms with E-state index >= 15 is 0 Å². The maximum absolute atomic E-state index is 14.6. The third kappa shape index (κ3) is 21.3. The molecule has 0 radical (unpaired) electrons. The largest absolute Gasteiger partial charge is 0.493 e. The van der Waals surface area contributed by atoms with Gasteiger partial charge in [0.05, 0.1) is 39.5 Å². The van der Waals surface area contributed by atoms with E-state index in [-0.39, 0.29) is 71.2 Å². The molecule has 6 atom stereocenters. The van der Waals surface area contributed by atoms with Crippen molar-refractivity contribution in [3.8, 4) is 23.0 Å². The molecule has 0 bridgehead atoms. The number of benzene rings is 5. The van der Waals surface area contributed by atoms with E-state index in [1.165, 1.54) is 9.80 Å². The number of imide groups is 1. The molecule has 512 valence electrons. The Kier molecular flexibility index (Phi) is 27.9. The number of aryl methyl sites for hydroxylation is 3. The molecule has 0 saturated carbocycles. The van der Waals surface area contributed by atoms with Crippen LogP contribution in [0.15, 0.2) is 121 Å². The number of carbonyl (C=O) groups excluding carboxylic acids is 8. The minimum atomic E-state index is -1.14. The third-order valence-corrected chi connectivity index (χ3v) is 17.6. The monoisotopic (exact) mass is 1310 g/mol. The second-order valence-electron chi connectivity index (χ2n) is 25.5. The highest BCUT2D eigenvalue weighted by molar-refractivity contribution is 6.38. The van der Waals surface area contributed by atoms with Gasteiger partial charge in [-0.05, 0) is 148 Å². The summed E-state index contributed by atoms with van der Waals surface area (Å²) in [4.78, 5) is 114. The summed E-state index contributed by atoms with van der Waals surface area (Å²) in [6, 6.07) is 33.3. The van der Waals surface area contributed by atoms with Crippen molar-refractivity contribution in [3.05, 3.63) is 155 Å². The Morgan fingerprint density at radius 2 is 1.40 bits per heavy atom. The predicted octanol–water partition coefficient (Wildman–Crippen LogP) is 9.77. The summed E-state index contributed by atoms with van der Waals surface area (Å²) >= 11 is 0. The molecule has 2 heterocycles. The number of nitrogens with zero attached hydrogens (tertiary/aromatic N) is 3. The van der Waals surface area contributed by atoms with E-state index in [1.807, 2.05) is 132 Å². The highest BCUT2D eigenvalue weighted by Gasteiger charge is 2.43. The number of urea groups is 1. The minimum Gasteiger partial charge on any atom is -0.493 e. The molecular weight excluding hydrogens is 1210 g/mol. The number of amides is 7. The van der Waals surface area contributed by atoms with Crippen molar-refractivity contribution in [2.75, 3.05) is 60.2 Å². The molecule has 2 fully saturated rings. The Morgan fingerprint density at radius 3 is 2.07 bits per heavy atom. The number of hydrogen-bond donors (Lipinski definition) is 4. The average molecular weight is 1310 g/mol. The van der Waals surface area contributed by atoms with Gasteiger partial charge in [-0.25, -0.2) is 19.3 Å². The lowest BCUT2D eigenvalue weighted by Gasteiger charge is -2.40. The van der Waals surface area contributed by atoms with E-state index in [0.29, 0.717) is 86.3 Å². The van der Waals surface area contributed by atoms with E-state index in [1.54, 1.807) is 52.3 Å². The van der Waals surface area contributed by atoms with Gasteiger partial charge in [-0.1, -0.05) is 132 Å². The van der Waals surface area contributed by atoms with Crippen molar-refractivity contribution < 1.29 is 71.9 Å². The van der Waals surface area contributed by atoms with Crippen molar-refractivity contribution in [3.63, 3.8) is 0 Å². The number of ketones is 1. The molecule has 2 aliphatic heterocycles. The Bertz CT molecular complexity index is 3360. The van der Waals surface area contributed by atoms with E-state index < -0.39 is 89.3 Å². The zero-order valence-electron chi connectivity index (χ0n) is 56.5. The Morgan fingerprint density at radius 1 is 0.716 bits per heavy atom. The maximum Gasteiger partial charge on any atom is 0.417 e. The number of piperidine rings is 1. The molecule has 0 spiro atoms. The topological polar surface area (TPSA) is 258 Å². The van der Waals surface area contributed by atoms with Crippen LogP contribution in [-0.2, 0) is 57.5 Å². The molecule has 2 saturated heterocycles. The number of rotatable bonds is 34. The molecular formula is C74H96N6O15. The lowest BCUT2D eigenvalue weighted by molar-refractivity contribution is -0.164. The van der Waals surface area contributed by atoms with Crippen LogP contribution in [-0.4, -0.2) is 158 Å². The maximum atomic E-state index is 14.6. The first-order valence-corrected chi connectivity index (χ1v) is 33.2. The molecule has 0 aromatic heterocycles. The number of aliphatic hydroxyl groups excluding tert-OH is 1. The van der Waals surface area contributed by atoms with Crippen LogP contribution in [0, 0.1) is 25.2 Å². The van der Waals surface area contributed by atoms with Crippen LogP contribution in [0.2, 0.25) is 0 Å². The number of para-hydroxylation sites is 1. The van der Waals surface area contributed by atoms with Crippen molar-refractivity contribution in [2.24, 2.45) is 11.3 Å². The summed E-state index contributed by atoms with van der Waals surface area (Å²) < 4.78 is 34.8. The lowest BCUT2D eigenvalue weighted by Crippen LogP contribution is -2.61. The molecule has 7 amide bonds. The minimum absolute atomic E-state index is 0.000423. The molecule has 5 aromatic rings. The average Bonchev–Trinajstić information content (AvgIpc) is 0.842. The second kappa shape index (κ2) is 36.1. The van der Waals surface area contributed by atoms with Gasteiger partial charge in [0, 0.05) is 37.5 Å². The van der Waals surface area contributed by atoms with Crippen LogP contribution in [0.1, 0.15) is 132 Å². The number of ether oxygens (including phenoxy) is 6. The molecule has 7 rings (SSSR count). The molecule has 1 unspecified atom stereocenters. The summed E-state index contributed by atoms with van der Waals surface area (Å²) in [5, 5.41) is 21.0. The SMILES string of the molecule is CCC(C)(C)C(=O)C(=O)N1CCCC[C@H]1C(=O)O[C@H](CCc1ccc(OC)c(OC)c1)c1cccc(OCCNC(=O)CCCOC(=O)N2CCCN(C(C(=O)N[C@@H](Cc3ccccc3)C[C@H](O)[C@H](Cc3ccccc3)NC(=O)COc3c(C)cccc3C)C(C)C)C2=O)c1. The fourth-order valence-electron chi connectivity index (χ4n) is 11.9. The number of methoxy groups -OCH3 is 2. The summed E-state index contributed by atoms with van der Waals surface area (Å²) in [6.45, 7) is 13.1. The number of esters is 1. The quantitative estimate of drug-likeness (QED) is 0.0170. The fourth-order valence-corrected chi connectivity index (χ4v) is 11.9. The van der Waals surface area contributed by atoms with Gasteiger partial charge in [0.1, 0.15) is 36.3 Å². The van der Waals surface area contributed by atoms with Crippen LogP contribution in [0.25, 0.3) is 0 Å². The van der Waals surface area contributed by atoms with Crippen LogP contribution in [0.5, 0.6) is 23.0 Å². The van der Waals surface area contributed by atoms with Gasteiger partial charge in [-0.15, -0.1) is 0 Å². The summed E-state index contributed by atoms with van der Waals surface area (Å²) in [7, 11) is 3.11. The van der Waals surface area contributed by atoms with E-state index in [0.717, 1.165) is 32.7 Å². The summed E-state index contributed by atoms with van der Waals surface area (Å²) in [6.07, 6.45) is 1.35. The van der Waals surface area contributed by atoms with Crippen LogP contribution < -0.4 is 34.9 Å². The molecule has 21 nitrogen and oxygen atoms in total. The number of Topliss-reactive ketones (excluding diaryl/α,β-unsaturated/α-hetero) is 1. The standard InChI is InChI=1S/C74H96N6O15/c1-10-74(6,7)68(84)70(86)78-38-18-17-31-59(78)71(87)95-61(35-33-54-34-36-62(90-8)63(45-54)91-9)55-29-20-30-57(46-55)92-42-37-75-64(82)32-21-41-93-73(89)80-40-22-39-79(72(80)88)66(49(2)3)69(85)76-56(43-52-25-13-11-14-26-52)47-60(81)58(44-53-27-15-12-16-28-53)77-65(83)48-94-67-50(4)23-19-24-51(67)5/h11-16,19-20,23-30,34,36,45-46,49,56,58-61,66,81H,10,17-18,21-22,31-33,35,37-44,47-48H2,1-9H3,(H,75,82)(H,76,85)(H,77,83)/t56-,58-,59-,60-,61+,66?/m0/s1. The Hall–Kier alpha value is -8.98. The Labute approximate surface area is 558 Å². The molecule has 4 N–H and O–H groups in total. The van der Waals surface area contributed by atoms with Crippen molar-refractivity contribution >= 4 is 47.5 Å². The summed E-state index contributed by atoms with van der Waals surface area (Å²) in [5.74, 6) is -1.26. The molecule has 5 aromatic carbocycles. The fraction of sp³-hybridized carbons (Fsp3) is 0.486. The van der Waals surface area contributed by atoms with Crippen molar-refractivity contribution in [2.45, 2.75) is 162 Å². The molecule has 0 aliphatic carbocycles. The number of hydrogen-bond acceptors (Lipinski definition) is 15. The number of carbonyl (C=O) groups is 8. The highest BCUT2D eigenvalue weighted by atomic mass is 16.6. The van der Waals surface area contributed by atoms with Crippen molar-refractivity contribution in [1.29, 1.82) is 0 Å². The molecule has 2 aliphatic rings. The summed E-state index contributed by atoms with van der Waals surface area (Å²) in [5.41, 5.74) is 4.21. The van der Waals surface area contributed by atoms with Gasteiger partial charge in [-0.2, -0.15) is 0 Å². The van der Waals surface area contributed by atoms with Gasteiger partial charge >= 0.3 is 18.1 Å². The number of aliphatic hydroxyl groups is 1. The first kappa shape index (κ1) is 73.4. The zero-order valence-corrected chi connectivity index (χ0v) is 56.5. The van der Waals surface area contributed by atoms with Gasteiger partial charge < -0.3 is 59.3 Å². The number of likely N-dealkylation sites (tertiary alicyclic amines) is 1. The zero-order chi connectivity index (χ0) is 68.6. The smallest absolute Gasteiger partial charge is 0.417 e. The van der Waals surface area contributed by atoms with E-state index in [4.69, 9.17) is 28.4 Å². The van der Waals surface area contributed by atoms with Gasteiger partial charge in [0.15, 0.2) is 18.1 Å². The number of nitrogens with one attached hydrogen (secondary N) is 3. The van der Waals surface area contributed by atoms with Gasteiger partial charge in [-0.3, -0.25) is 24.0 Å². The predicted molar refractivity (Wildman–Crippen MR) is 359 cm³/mol. The van der Waals surface area contributed by atoms with Crippen LogP contribution in [0.4, 0.5) is 9.59 Å². The second-order valence-corrected chi connectivity index (χ2v) is 25.5. The van der Waals surface area contributed by atoms with E-state index in [9.17, 15) is 43.5 Å². The van der Waals surface area contributed by atoms with Crippen LogP contribution >= 0.6 is 0 Å². The lowest BCUT2D eigenvalue weighted by atomic mass is 9.84. The van der Waals surface area contributed by atoms with E-state index in [2.05, 4.69) is 16.0 Å². The first-order valence-electron chi connectivity index (χ1n) is 33.2. The Balaban J connectivity index is 0.912.